The van der Waals surface area contributed by atoms with Gasteiger partial charge in [0.25, 0.3) is 5.91 Å². The van der Waals surface area contributed by atoms with Crippen LogP contribution in [-0.2, 0) is 6.54 Å². The number of nitrogens with zero attached hydrogens (tertiary/aromatic N) is 2. The van der Waals surface area contributed by atoms with E-state index in [1.165, 1.54) is 6.26 Å². The van der Waals surface area contributed by atoms with Gasteiger partial charge in [0.15, 0.2) is 5.69 Å². The summed E-state index contributed by atoms with van der Waals surface area (Å²) in [6.07, 6.45) is 5.34. The van der Waals surface area contributed by atoms with Crippen LogP contribution in [0.15, 0.2) is 22.8 Å². The molecule has 1 aliphatic rings. The Morgan fingerprint density at radius 2 is 2.33 bits per heavy atom. The molecule has 0 aromatic carbocycles. The zero-order chi connectivity index (χ0) is 10.7. The molecular formula is C10H13N3O2. The van der Waals surface area contributed by atoms with Gasteiger partial charge < -0.3 is 14.6 Å². The number of nitrogens with one attached hydrogen (secondary N) is 1. The molecular weight excluding hydrogens is 194 g/mol. The maximum absolute atomic E-state index is 11.8. The van der Waals surface area contributed by atoms with Gasteiger partial charge in [0.05, 0.1) is 6.54 Å². The van der Waals surface area contributed by atoms with E-state index in [-0.39, 0.29) is 5.91 Å². The van der Waals surface area contributed by atoms with Crippen LogP contribution in [0.25, 0.3) is 0 Å². The van der Waals surface area contributed by atoms with Gasteiger partial charge in [-0.15, -0.1) is 0 Å². The minimum atomic E-state index is -0.0777. The van der Waals surface area contributed by atoms with Crippen molar-refractivity contribution in [3.8, 4) is 0 Å². The monoisotopic (exact) mass is 207 g/mol. The number of carbonyl (C=O) groups is 1. The first-order chi connectivity index (χ1) is 7.31. The number of oxazole rings is 1. The summed E-state index contributed by atoms with van der Waals surface area (Å²) in [7, 11) is 1.80. The Bertz CT molecular complexity index is 376. The maximum atomic E-state index is 11.8. The number of amides is 1. The van der Waals surface area contributed by atoms with Crippen molar-refractivity contribution in [3.63, 3.8) is 0 Å². The highest BCUT2D eigenvalue weighted by Crippen LogP contribution is 2.08. The number of aromatic nitrogens is 1. The minimum Gasteiger partial charge on any atom is -0.447 e. The molecule has 5 nitrogen and oxygen atoms in total. The quantitative estimate of drug-likeness (QED) is 0.729. The van der Waals surface area contributed by atoms with Crippen molar-refractivity contribution in [1.82, 2.24) is 15.2 Å². The summed E-state index contributed by atoms with van der Waals surface area (Å²) in [5.74, 6) is 0.458. The zero-order valence-corrected chi connectivity index (χ0v) is 8.56. The van der Waals surface area contributed by atoms with Gasteiger partial charge in [0.1, 0.15) is 6.26 Å². The maximum Gasteiger partial charge on any atom is 0.276 e. The van der Waals surface area contributed by atoms with Gasteiger partial charge in [0.2, 0.25) is 5.89 Å². The molecule has 0 saturated carbocycles. The van der Waals surface area contributed by atoms with Crippen molar-refractivity contribution in [2.45, 2.75) is 6.54 Å². The third-order valence-electron chi connectivity index (χ3n) is 2.20. The van der Waals surface area contributed by atoms with Crippen LogP contribution in [-0.4, -0.2) is 35.9 Å². The summed E-state index contributed by atoms with van der Waals surface area (Å²) in [6, 6.07) is 0. The second-order valence-electron chi connectivity index (χ2n) is 3.34. The first-order valence-electron chi connectivity index (χ1n) is 4.84. The van der Waals surface area contributed by atoms with E-state index < -0.39 is 0 Å². The molecule has 0 saturated heterocycles. The minimum absolute atomic E-state index is 0.0777. The van der Waals surface area contributed by atoms with Crippen molar-refractivity contribution in [2.75, 3.05) is 20.1 Å². The molecule has 0 aliphatic carbocycles. The second kappa shape index (κ2) is 4.27. The number of hydrogen-bond donors (Lipinski definition) is 1. The van der Waals surface area contributed by atoms with Crippen LogP contribution >= 0.6 is 0 Å². The van der Waals surface area contributed by atoms with Crippen molar-refractivity contribution >= 4 is 5.91 Å². The van der Waals surface area contributed by atoms with Crippen LogP contribution in [0.4, 0.5) is 0 Å². The molecule has 0 bridgehead atoms. The average Bonchev–Trinajstić information content (AvgIpc) is 2.87. The van der Waals surface area contributed by atoms with Crippen LogP contribution < -0.4 is 5.32 Å². The Morgan fingerprint density at radius 1 is 1.60 bits per heavy atom. The summed E-state index contributed by atoms with van der Waals surface area (Å²) >= 11 is 0. The molecule has 5 heteroatoms. The molecule has 0 atom stereocenters. The highest BCUT2D eigenvalue weighted by atomic mass is 16.3. The summed E-state index contributed by atoms with van der Waals surface area (Å²) in [5.41, 5.74) is 0.379. The molecule has 1 aliphatic heterocycles. The van der Waals surface area contributed by atoms with Crippen LogP contribution in [0.5, 0.6) is 0 Å². The largest absolute Gasteiger partial charge is 0.447 e. The third kappa shape index (κ3) is 2.07. The van der Waals surface area contributed by atoms with Gasteiger partial charge in [-0.3, -0.25) is 4.79 Å². The molecule has 1 N–H and O–H groups in total. The van der Waals surface area contributed by atoms with Crippen molar-refractivity contribution < 1.29 is 9.21 Å². The number of hydrogen-bond acceptors (Lipinski definition) is 4. The summed E-state index contributed by atoms with van der Waals surface area (Å²) in [5, 5.41) is 2.91. The summed E-state index contributed by atoms with van der Waals surface area (Å²) in [4.78, 5) is 17.6. The molecule has 2 heterocycles. The van der Waals surface area contributed by atoms with Crippen molar-refractivity contribution in [3.05, 3.63) is 30.0 Å². The van der Waals surface area contributed by atoms with E-state index in [9.17, 15) is 4.79 Å². The van der Waals surface area contributed by atoms with Gasteiger partial charge in [-0.25, -0.2) is 4.98 Å². The Labute approximate surface area is 87.8 Å². The molecule has 80 valence electrons. The lowest BCUT2D eigenvalue weighted by molar-refractivity contribution is 0.0794. The van der Waals surface area contributed by atoms with Gasteiger partial charge in [0, 0.05) is 13.1 Å². The smallest absolute Gasteiger partial charge is 0.276 e. The predicted octanol–water partition coefficient (Wildman–Crippen LogP) is 0.406. The lowest BCUT2D eigenvalue weighted by Gasteiger charge is -2.12. The molecule has 1 aromatic rings. The first kappa shape index (κ1) is 9.92. The van der Waals surface area contributed by atoms with E-state index in [1.54, 1.807) is 11.9 Å². The van der Waals surface area contributed by atoms with Gasteiger partial charge in [-0.2, -0.15) is 0 Å². The topological polar surface area (TPSA) is 58.4 Å². The normalized spacial score (nSPS) is 14.9. The van der Waals surface area contributed by atoms with Crippen molar-refractivity contribution in [1.29, 1.82) is 0 Å². The van der Waals surface area contributed by atoms with Crippen LogP contribution in [0.2, 0.25) is 0 Å². The Morgan fingerprint density at radius 3 is 3.00 bits per heavy atom. The van der Waals surface area contributed by atoms with E-state index in [2.05, 4.69) is 10.3 Å². The van der Waals surface area contributed by atoms with Crippen LogP contribution in [0, 0.1) is 0 Å². The molecule has 0 unspecified atom stereocenters. The van der Waals surface area contributed by atoms with E-state index in [0.29, 0.717) is 31.2 Å². The fraction of sp³-hybridized carbons (Fsp3) is 0.400. The van der Waals surface area contributed by atoms with Gasteiger partial charge in [-0.1, -0.05) is 12.2 Å². The Balaban J connectivity index is 2.05. The fourth-order valence-electron chi connectivity index (χ4n) is 1.45. The fourth-order valence-corrected chi connectivity index (χ4v) is 1.45. The lowest BCUT2D eigenvalue weighted by Crippen LogP contribution is -2.28. The highest BCUT2D eigenvalue weighted by Gasteiger charge is 2.19. The molecule has 0 spiro atoms. The molecule has 0 radical (unpaired) electrons. The summed E-state index contributed by atoms with van der Waals surface area (Å²) in [6.45, 7) is 1.85. The predicted molar refractivity (Wildman–Crippen MR) is 54.3 cm³/mol. The molecule has 1 amide bonds. The molecule has 0 fully saturated rings. The van der Waals surface area contributed by atoms with Gasteiger partial charge in [-0.05, 0) is 7.05 Å². The van der Waals surface area contributed by atoms with Crippen molar-refractivity contribution in [2.24, 2.45) is 0 Å². The highest BCUT2D eigenvalue weighted by molar-refractivity contribution is 5.92. The average molecular weight is 207 g/mol. The van der Waals surface area contributed by atoms with Crippen LogP contribution in [0.1, 0.15) is 16.4 Å². The van der Waals surface area contributed by atoms with Gasteiger partial charge >= 0.3 is 0 Å². The van der Waals surface area contributed by atoms with Crippen LogP contribution in [0.3, 0.4) is 0 Å². The van der Waals surface area contributed by atoms with E-state index >= 15 is 0 Å². The third-order valence-corrected chi connectivity index (χ3v) is 2.20. The molecule has 15 heavy (non-hydrogen) atoms. The van der Waals surface area contributed by atoms with E-state index in [1.807, 2.05) is 12.2 Å². The Hall–Kier alpha value is -1.62. The SMILES string of the molecule is CNCc1nc(C(=O)N2CC=CC2)co1. The Kier molecular flexibility index (Phi) is 2.82. The standard InChI is InChI=1S/C10H13N3O2/c1-11-6-9-12-8(7-15-9)10(14)13-4-2-3-5-13/h2-3,7,11H,4-6H2,1H3. The molecule has 2 rings (SSSR count). The first-order valence-corrected chi connectivity index (χ1v) is 4.84. The lowest BCUT2D eigenvalue weighted by atomic mass is 10.4. The second-order valence-corrected chi connectivity index (χ2v) is 3.34. The molecule has 1 aromatic heterocycles. The van der Waals surface area contributed by atoms with E-state index in [0.717, 1.165) is 0 Å². The summed E-state index contributed by atoms with van der Waals surface area (Å²) < 4.78 is 5.14. The zero-order valence-electron chi connectivity index (χ0n) is 8.56. The van der Waals surface area contributed by atoms with E-state index in [4.69, 9.17) is 4.42 Å². The number of rotatable bonds is 3. The number of carbonyl (C=O) groups excluding carboxylic acids is 1.